The maximum absolute atomic E-state index is 13.1. The second-order valence-electron chi connectivity index (χ2n) is 7.43. The predicted octanol–water partition coefficient (Wildman–Crippen LogP) is 2.61. The number of rotatable bonds is 6. The van der Waals surface area contributed by atoms with E-state index in [4.69, 9.17) is 0 Å². The molecule has 6 nitrogen and oxygen atoms in total. The third-order valence-electron chi connectivity index (χ3n) is 5.13. The minimum atomic E-state index is -3.74. The molecule has 1 heterocycles. The number of nitrogens with one attached hydrogen (secondary N) is 1. The Hall–Kier alpha value is -2.45. The number of nitrogens with zero attached hydrogens (tertiary/aromatic N) is 2. The van der Waals surface area contributed by atoms with Gasteiger partial charge in [0.1, 0.15) is 5.82 Å². The number of hydrogen-bond donors (Lipinski definition) is 1. The van der Waals surface area contributed by atoms with Gasteiger partial charge in [-0.05, 0) is 54.8 Å². The number of carbonyl (C=O) groups is 1. The quantitative estimate of drug-likeness (QED) is 0.782. The van der Waals surface area contributed by atoms with Gasteiger partial charge in [0, 0.05) is 39.4 Å². The fraction of sp³-hybridized carbons (Fsp3) is 0.381. The molecule has 0 radical (unpaired) electrons. The summed E-state index contributed by atoms with van der Waals surface area (Å²) in [5.41, 5.74) is 2.06. The fourth-order valence-corrected chi connectivity index (χ4v) is 4.90. The lowest BCUT2D eigenvalue weighted by Gasteiger charge is -2.31. The first-order chi connectivity index (χ1) is 13.8. The van der Waals surface area contributed by atoms with Crippen LogP contribution in [0, 0.1) is 11.7 Å². The second-order valence-corrected chi connectivity index (χ2v) is 9.37. The molecule has 1 N–H and O–H groups in total. The Morgan fingerprint density at radius 2 is 1.79 bits per heavy atom. The summed E-state index contributed by atoms with van der Waals surface area (Å²) in [4.78, 5) is 14.7. The molecule has 1 fully saturated rings. The van der Waals surface area contributed by atoms with E-state index in [1.165, 1.54) is 16.4 Å². The van der Waals surface area contributed by atoms with Crippen LogP contribution in [0.15, 0.2) is 53.4 Å². The molecule has 29 heavy (non-hydrogen) atoms. The molecule has 1 atom stereocenters. The topological polar surface area (TPSA) is 69.7 Å². The molecular weight excluding hydrogens is 393 g/mol. The number of anilines is 1. The number of sulfonamides is 1. The van der Waals surface area contributed by atoms with E-state index in [0.717, 1.165) is 23.4 Å². The minimum absolute atomic E-state index is 0.0425. The number of benzene rings is 2. The van der Waals surface area contributed by atoms with Crippen LogP contribution in [0.4, 0.5) is 10.1 Å². The third kappa shape index (κ3) is 5.13. The Morgan fingerprint density at radius 1 is 1.14 bits per heavy atom. The molecule has 8 heteroatoms. The monoisotopic (exact) mass is 419 g/mol. The van der Waals surface area contributed by atoms with Crippen molar-refractivity contribution in [3.8, 4) is 0 Å². The lowest BCUT2D eigenvalue weighted by molar-refractivity contribution is -0.126. The van der Waals surface area contributed by atoms with Gasteiger partial charge in [-0.3, -0.25) is 4.79 Å². The van der Waals surface area contributed by atoms with Gasteiger partial charge in [0.25, 0.3) is 0 Å². The second kappa shape index (κ2) is 8.92. The minimum Gasteiger partial charge on any atom is -0.378 e. The predicted molar refractivity (Wildman–Crippen MR) is 110 cm³/mol. The zero-order valence-corrected chi connectivity index (χ0v) is 17.5. The van der Waals surface area contributed by atoms with Crippen LogP contribution in [0.3, 0.4) is 0 Å². The van der Waals surface area contributed by atoms with Gasteiger partial charge in [0.05, 0.1) is 10.8 Å². The molecule has 1 aliphatic rings. The van der Waals surface area contributed by atoms with Gasteiger partial charge in [-0.2, -0.15) is 4.31 Å². The van der Waals surface area contributed by atoms with Gasteiger partial charge in [-0.15, -0.1) is 0 Å². The van der Waals surface area contributed by atoms with Crippen molar-refractivity contribution in [2.75, 3.05) is 32.1 Å². The normalized spacial score (nSPS) is 17.7. The van der Waals surface area contributed by atoms with Crippen LogP contribution in [0.25, 0.3) is 0 Å². The van der Waals surface area contributed by atoms with E-state index >= 15 is 0 Å². The first-order valence-electron chi connectivity index (χ1n) is 9.57. The molecule has 156 valence electrons. The van der Waals surface area contributed by atoms with E-state index in [-0.39, 0.29) is 17.3 Å². The summed E-state index contributed by atoms with van der Waals surface area (Å²) in [6.07, 6.45) is 1.25. The number of piperidine rings is 1. The van der Waals surface area contributed by atoms with Crippen molar-refractivity contribution < 1.29 is 17.6 Å². The highest BCUT2D eigenvalue weighted by molar-refractivity contribution is 7.89. The molecule has 3 rings (SSSR count). The van der Waals surface area contributed by atoms with Crippen molar-refractivity contribution in [1.29, 1.82) is 0 Å². The van der Waals surface area contributed by atoms with Gasteiger partial charge < -0.3 is 10.2 Å². The Labute approximate surface area is 171 Å². The molecular formula is C21H26FN3O3S. The third-order valence-corrected chi connectivity index (χ3v) is 7.01. The summed E-state index contributed by atoms with van der Waals surface area (Å²) in [6, 6.07) is 12.7. The smallest absolute Gasteiger partial charge is 0.243 e. The van der Waals surface area contributed by atoms with Crippen molar-refractivity contribution in [2.45, 2.75) is 24.3 Å². The Kier molecular flexibility index (Phi) is 6.54. The molecule has 1 amide bonds. The largest absolute Gasteiger partial charge is 0.378 e. The summed E-state index contributed by atoms with van der Waals surface area (Å²) in [5, 5.41) is 2.91. The van der Waals surface area contributed by atoms with Crippen molar-refractivity contribution in [2.24, 2.45) is 5.92 Å². The summed E-state index contributed by atoms with van der Waals surface area (Å²) in [7, 11) is 0.185. The Balaban J connectivity index is 1.61. The molecule has 2 aromatic carbocycles. The maximum Gasteiger partial charge on any atom is 0.243 e. The van der Waals surface area contributed by atoms with Crippen molar-refractivity contribution in [3.63, 3.8) is 0 Å². The van der Waals surface area contributed by atoms with Crippen molar-refractivity contribution >= 4 is 21.6 Å². The molecule has 2 aromatic rings. The van der Waals surface area contributed by atoms with Gasteiger partial charge in [0.15, 0.2) is 0 Å². The van der Waals surface area contributed by atoms with Crippen molar-refractivity contribution in [1.82, 2.24) is 9.62 Å². The lowest BCUT2D eigenvalue weighted by Crippen LogP contribution is -2.45. The highest BCUT2D eigenvalue weighted by Gasteiger charge is 2.33. The number of hydrogen-bond acceptors (Lipinski definition) is 4. The van der Waals surface area contributed by atoms with Crippen molar-refractivity contribution in [3.05, 3.63) is 59.9 Å². The average molecular weight is 420 g/mol. The molecule has 0 unspecified atom stereocenters. The highest BCUT2D eigenvalue weighted by atomic mass is 32.2. The molecule has 1 aliphatic heterocycles. The van der Waals surface area contributed by atoms with E-state index in [9.17, 15) is 17.6 Å². The maximum atomic E-state index is 13.1. The standard InChI is InChI=1S/C21H26FN3O3S/c1-24(2)19-9-5-16(6-10-19)14-23-21(26)17-4-3-13-25(15-17)29(27,28)20-11-7-18(22)8-12-20/h5-12,17H,3-4,13-15H2,1-2H3,(H,23,26)/t17-/m0/s1. The van der Waals surface area contributed by atoms with Gasteiger partial charge >= 0.3 is 0 Å². The van der Waals surface area contributed by atoms with Crippen LogP contribution in [0.5, 0.6) is 0 Å². The number of amides is 1. The van der Waals surface area contributed by atoms with E-state index in [2.05, 4.69) is 5.32 Å². The zero-order chi connectivity index (χ0) is 21.0. The van der Waals surface area contributed by atoms with E-state index in [1.54, 1.807) is 0 Å². The summed E-state index contributed by atoms with van der Waals surface area (Å²) in [6.45, 7) is 0.883. The molecule has 0 aliphatic carbocycles. The summed E-state index contributed by atoms with van der Waals surface area (Å²) >= 11 is 0. The molecule has 0 spiro atoms. The van der Waals surface area contributed by atoms with E-state index in [1.807, 2.05) is 43.3 Å². The number of carbonyl (C=O) groups excluding carboxylic acids is 1. The van der Waals surface area contributed by atoms with Gasteiger partial charge in [-0.25, -0.2) is 12.8 Å². The molecule has 0 aromatic heterocycles. The van der Waals surface area contributed by atoms with Crippen LogP contribution in [-0.4, -0.2) is 45.8 Å². The molecule has 0 bridgehead atoms. The van der Waals surface area contributed by atoms with Gasteiger partial charge in [-0.1, -0.05) is 12.1 Å². The Bertz CT molecular complexity index is 944. The van der Waals surface area contributed by atoms with Crippen LogP contribution in [0.1, 0.15) is 18.4 Å². The van der Waals surface area contributed by atoms with E-state index < -0.39 is 21.8 Å². The lowest BCUT2D eigenvalue weighted by atomic mass is 9.99. The van der Waals surface area contributed by atoms with E-state index in [0.29, 0.717) is 25.9 Å². The first kappa shape index (κ1) is 21.3. The molecule has 0 saturated carbocycles. The average Bonchev–Trinajstić information content (AvgIpc) is 2.72. The number of halogens is 1. The molecule has 1 saturated heterocycles. The summed E-state index contributed by atoms with van der Waals surface area (Å²) < 4.78 is 40.0. The fourth-order valence-electron chi connectivity index (χ4n) is 3.38. The van der Waals surface area contributed by atoms with Crippen LogP contribution in [-0.2, 0) is 21.4 Å². The van der Waals surface area contributed by atoms with Gasteiger partial charge in [0.2, 0.25) is 15.9 Å². The van der Waals surface area contributed by atoms with Crippen LogP contribution >= 0.6 is 0 Å². The van der Waals surface area contributed by atoms with Crippen LogP contribution < -0.4 is 10.2 Å². The highest BCUT2D eigenvalue weighted by Crippen LogP contribution is 2.24. The Morgan fingerprint density at radius 3 is 2.41 bits per heavy atom. The first-order valence-corrected chi connectivity index (χ1v) is 11.0. The SMILES string of the molecule is CN(C)c1ccc(CNC(=O)[C@H]2CCCN(S(=O)(=O)c3ccc(F)cc3)C2)cc1. The van der Waals surface area contributed by atoms with Crippen LogP contribution in [0.2, 0.25) is 0 Å². The zero-order valence-electron chi connectivity index (χ0n) is 16.6. The summed E-state index contributed by atoms with van der Waals surface area (Å²) in [5.74, 6) is -1.04.